The van der Waals surface area contributed by atoms with Crippen LogP contribution in [0.2, 0.25) is 0 Å². The minimum atomic E-state index is -0.810. The van der Waals surface area contributed by atoms with Gasteiger partial charge in [0.25, 0.3) is 11.8 Å². The van der Waals surface area contributed by atoms with E-state index in [2.05, 4.69) is 15.8 Å². The zero-order valence-corrected chi connectivity index (χ0v) is 20.1. The second-order valence-electron chi connectivity index (χ2n) is 7.68. The maximum Gasteiger partial charge on any atom is 0.262 e. The van der Waals surface area contributed by atoms with E-state index in [9.17, 15) is 14.0 Å². The lowest BCUT2D eigenvalue weighted by Gasteiger charge is -2.13. The van der Waals surface area contributed by atoms with E-state index in [-0.39, 0.29) is 19.0 Å². The molecule has 3 aromatic carbocycles. The third kappa shape index (κ3) is 8.43. The molecule has 8 nitrogen and oxygen atoms in total. The minimum absolute atomic E-state index is 0.208. The van der Waals surface area contributed by atoms with Crippen molar-refractivity contribution < 1.29 is 28.2 Å². The van der Waals surface area contributed by atoms with Crippen molar-refractivity contribution in [2.75, 3.05) is 13.2 Å². The van der Waals surface area contributed by atoms with Crippen molar-refractivity contribution in [1.82, 2.24) is 10.7 Å². The summed E-state index contributed by atoms with van der Waals surface area (Å²) in [5.41, 5.74) is 3.89. The van der Waals surface area contributed by atoms with Crippen LogP contribution in [-0.4, -0.2) is 37.3 Å². The molecule has 3 rings (SSSR count). The Morgan fingerprint density at radius 3 is 2.44 bits per heavy atom. The maximum atomic E-state index is 13.1. The number of nitrogens with one attached hydrogen (secondary N) is 2. The summed E-state index contributed by atoms with van der Waals surface area (Å²) in [6, 6.07) is 19.4. The summed E-state index contributed by atoms with van der Waals surface area (Å²) in [4.78, 5) is 24.3. The van der Waals surface area contributed by atoms with E-state index in [1.54, 1.807) is 61.5 Å². The minimum Gasteiger partial charge on any atom is -0.490 e. The van der Waals surface area contributed by atoms with Crippen molar-refractivity contribution in [3.05, 3.63) is 89.7 Å². The number of hydrogen-bond donors (Lipinski definition) is 2. The van der Waals surface area contributed by atoms with Crippen molar-refractivity contribution in [2.24, 2.45) is 5.10 Å². The molecule has 9 heteroatoms. The van der Waals surface area contributed by atoms with Gasteiger partial charge in [-0.3, -0.25) is 9.59 Å². The molecule has 2 N–H and O–H groups in total. The molecule has 0 aromatic heterocycles. The Labute approximate surface area is 209 Å². The van der Waals surface area contributed by atoms with Gasteiger partial charge in [0.05, 0.1) is 12.8 Å². The summed E-state index contributed by atoms with van der Waals surface area (Å²) in [6.45, 7) is 3.87. The summed E-state index contributed by atoms with van der Waals surface area (Å²) in [5, 5.41) is 6.51. The highest BCUT2D eigenvalue weighted by Gasteiger charge is 2.15. The molecule has 188 valence electrons. The van der Waals surface area contributed by atoms with E-state index in [4.69, 9.17) is 14.2 Å². The summed E-state index contributed by atoms with van der Waals surface area (Å²) >= 11 is 0. The molecule has 3 aromatic rings. The highest BCUT2D eigenvalue weighted by Crippen LogP contribution is 2.29. The first-order chi connectivity index (χ1) is 17.4. The molecule has 2 amide bonds. The highest BCUT2D eigenvalue weighted by molar-refractivity contribution is 5.89. The lowest BCUT2D eigenvalue weighted by Crippen LogP contribution is -2.45. The Kier molecular flexibility index (Phi) is 9.81. The first kappa shape index (κ1) is 26.2. The van der Waals surface area contributed by atoms with Gasteiger partial charge >= 0.3 is 0 Å². The third-order valence-electron chi connectivity index (χ3n) is 4.85. The fourth-order valence-corrected chi connectivity index (χ4v) is 3.02. The van der Waals surface area contributed by atoms with Gasteiger partial charge in [0.1, 0.15) is 24.2 Å². The van der Waals surface area contributed by atoms with E-state index >= 15 is 0 Å². The second-order valence-corrected chi connectivity index (χ2v) is 7.68. The van der Waals surface area contributed by atoms with Gasteiger partial charge in [-0.25, -0.2) is 9.82 Å². The smallest absolute Gasteiger partial charge is 0.262 e. The molecular weight excluding hydrogens is 465 g/mol. The Balaban J connectivity index is 1.49. The van der Waals surface area contributed by atoms with Crippen LogP contribution in [-0.2, 0) is 16.2 Å². The number of hydrazone groups is 1. The monoisotopic (exact) mass is 493 g/mol. The normalized spacial score (nSPS) is 11.5. The predicted molar refractivity (Wildman–Crippen MR) is 134 cm³/mol. The number of benzene rings is 3. The molecule has 0 radical (unpaired) electrons. The van der Waals surface area contributed by atoms with Crippen LogP contribution in [0.5, 0.6) is 17.2 Å². The van der Waals surface area contributed by atoms with Crippen LogP contribution >= 0.6 is 0 Å². The average Bonchev–Trinajstić information content (AvgIpc) is 2.88. The molecule has 0 fully saturated rings. The van der Waals surface area contributed by atoms with Crippen LogP contribution in [0.4, 0.5) is 4.39 Å². The first-order valence-corrected chi connectivity index (χ1v) is 11.4. The van der Waals surface area contributed by atoms with Gasteiger partial charge in [-0.2, -0.15) is 5.10 Å². The lowest BCUT2D eigenvalue weighted by atomic mass is 10.2. The Morgan fingerprint density at radius 2 is 1.72 bits per heavy atom. The molecule has 0 spiro atoms. The van der Waals surface area contributed by atoms with Gasteiger partial charge in [0, 0.05) is 0 Å². The summed E-state index contributed by atoms with van der Waals surface area (Å²) in [7, 11) is 0. The number of carbonyl (C=O) groups excluding carboxylic acids is 2. The highest BCUT2D eigenvalue weighted by atomic mass is 19.1. The van der Waals surface area contributed by atoms with Crippen molar-refractivity contribution >= 4 is 18.0 Å². The van der Waals surface area contributed by atoms with Crippen molar-refractivity contribution in [3.8, 4) is 17.2 Å². The number of nitrogens with zero attached hydrogens (tertiary/aromatic N) is 1. The van der Waals surface area contributed by atoms with Crippen LogP contribution in [0.25, 0.3) is 0 Å². The van der Waals surface area contributed by atoms with Crippen molar-refractivity contribution in [3.63, 3.8) is 0 Å². The number of carbonyl (C=O) groups is 2. The van der Waals surface area contributed by atoms with Gasteiger partial charge in [-0.1, -0.05) is 30.3 Å². The molecule has 0 bridgehead atoms. The number of halogens is 1. The van der Waals surface area contributed by atoms with E-state index in [0.29, 0.717) is 29.4 Å². The number of amides is 2. The van der Waals surface area contributed by atoms with E-state index in [1.807, 2.05) is 13.0 Å². The Hall–Kier alpha value is -4.40. The fraction of sp³-hybridized carbons (Fsp3) is 0.222. The quantitative estimate of drug-likeness (QED) is 0.295. The van der Waals surface area contributed by atoms with Gasteiger partial charge in [0.15, 0.2) is 18.1 Å². The van der Waals surface area contributed by atoms with Gasteiger partial charge < -0.3 is 19.5 Å². The number of ether oxygens (including phenoxy) is 3. The van der Waals surface area contributed by atoms with Crippen LogP contribution in [0, 0.1) is 5.82 Å². The maximum absolute atomic E-state index is 13.1. The van der Waals surface area contributed by atoms with Gasteiger partial charge in [0.2, 0.25) is 0 Å². The van der Waals surface area contributed by atoms with Crippen LogP contribution < -0.4 is 25.0 Å². The molecule has 36 heavy (non-hydrogen) atoms. The molecule has 0 unspecified atom stereocenters. The van der Waals surface area contributed by atoms with Gasteiger partial charge in [-0.15, -0.1) is 0 Å². The number of para-hydroxylation sites is 1. The summed E-state index contributed by atoms with van der Waals surface area (Å²) < 4.78 is 29.9. The van der Waals surface area contributed by atoms with Crippen LogP contribution in [0.1, 0.15) is 25.0 Å². The van der Waals surface area contributed by atoms with Crippen LogP contribution in [0.15, 0.2) is 77.9 Å². The molecule has 0 saturated carbocycles. The van der Waals surface area contributed by atoms with E-state index in [1.165, 1.54) is 18.3 Å². The van der Waals surface area contributed by atoms with E-state index in [0.717, 1.165) is 5.56 Å². The van der Waals surface area contributed by atoms with Crippen molar-refractivity contribution in [1.29, 1.82) is 0 Å². The topological polar surface area (TPSA) is 98.2 Å². The zero-order chi connectivity index (χ0) is 25.8. The SMILES string of the molecule is CCOc1cc(/C=N\NC(=O)[C@H](C)NC(=O)COc2ccccc2)ccc1OCc1ccc(F)cc1. The summed E-state index contributed by atoms with van der Waals surface area (Å²) in [5.74, 6) is 0.378. The van der Waals surface area contributed by atoms with Gasteiger partial charge in [-0.05, 0) is 67.4 Å². The van der Waals surface area contributed by atoms with Crippen molar-refractivity contribution in [2.45, 2.75) is 26.5 Å². The molecule has 0 aliphatic rings. The first-order valence-electron chi connectivity index (χ1n) is 11.4. The molecule has 0 aliphatic carbocycles. The standard InChI is InChI=1S/C27H28FN3O5/c1-3-34-25-15-21(11-14-24(25)36-17-20-9-12-22(28)13-10-20)16-29-31-27(33)19(2)30-26(32)18-35-23-7-5-4-6-8-23/h4-16,19H,3,17-18H2,1-2H3,(H,30,32)(H,31,33)/b29-16-/t19-/m0/s1. The Morgan fingerprint density at radius 1 is 0.972 bits per heavy atom. The lowest BCUT2D eigenvalue weighted by molar-refractivity contribution is -0.129. The molecule has 0 saturated heterocycles. The molecule has 0 aliphatic heterocycles. The molecule has 1 atom stereocenters. The molecular formula is C27H28FN3O5. The third-order valence-corrected chi connectivity index (χ3v) is 4.85. The molecule has 0 heterocycles. The second kappa shape index (κ2) is 13.5. The largest absolute Gasteiger partial charge is 0.490 e. The average molecular weight is 494 g/mol. The Bertz CT molecular complexity index is 1170. The number of rotatable bonds is 12. The van der Waals surface area contributed by atoms with Crippen LogP contribution in [0.3, 0.4) is 0 Å². The zero-order valence-electron chi connectivity index (χ0n) is 20.1. The van der Waals surface area contributed by atoms with E-state index < -0.39 is 17.9 Å². The predicted octanol–water partition coefficient (Wildman–Crippen LogP) is 3.84. The number of hydrogen-bond acceptors (Lipinski definition) is 6. The summed E-state index contributed by atoms with van der Waals surface area (Å²) in [6.07, 6.45) is 1.46. The fourth-order valence-electron chi connectivity index (χ4n) is 3.02.